The summed E-state index contributed by atoms with van der Waals surface area (Å²) < 4.78 is 15.7. The Labute approximate surface area is 135 Å². The van der Waals surface area contributed by atoms with Crippen LogP contribution in [-0.4, -0.2) is 44.6 Å². The van der Waals surface area contributed by atoms with Gasteiger partial charge in [-0.3, -0.25) is 9.59 Å². The summed E-state index contributed by atoms with van der Waals surface area (Å²) in [5.74, 6) is -0.211. The van der Waals surface area contributed by atoms with Gasteiger partial charge in [0.2, 0.25) is 0 Å². The first-order valence-corrected chi connectivity index (χ1v) is 7.30. The van der Waals surface area contributed by atoms with Gasteiger partial charge in [0.1, 0.15) is 0 Å². The molecule has 0 saturated heterocycles. The molecular formula is C17H21NO5. The zero-order valence-corrected chi connectivity index (χ0v) is 14.0. The van der Waals surface area contributed by atoms with Crippen molar-refractivity contribution in [3.05, 3.63) is 29.5 Å². The molecule has 0 aliphatic rings. The standard InChI is InChI=1S/C17H21NO5/c1-10(17(20)22-5)9-18(3)16(19)14-11(2)12-7-6-8-13(21-4)15(12)23-14/h6-8,10H,9H2,1-5H3. The molecule has 124 valence electrons. The number of amides is 1. The van der Waals surface area contributed by atoms with Crippen molar-refractivity contribution in [2.75, 3.05) is 27.8 Å². The Morgan fingerprint density at radius 2 is 2.00 bits per heavy atom. The van der Waals surface area contributed by atoms with E-state index in [1.807, 2.05) is 19.1 Å². The summed E-state index contributed by atoms with van der Waals surface area (Å²) in [6.07, 6.45) is 0. The van der Waals surface area contributed by atoms with Crippen LogP contribution in [0.25, 0.3) is 11.0 Å². The molecule has 0 aliphatic heterocycles. The lowest BCUT2D eigenvalue weighted by atomic mass is 10.1. The summed E-state index contributed by atoms with van der Waals surface area (Å²) in [4.78, 5) is 25.6. The van der Waals surface area contributed by atoms with Crippen LogP contribution >= 0.6 is 0 Å². The van der Waals surface area contributed by atoms with Crippen LogP contribution in [0.15, 0.2) is 22.6 Å². The van der Waals surface area contributed by atoms with Gasteiger partial charge in [0.25, 0.3) is 5.91 Å². The van der Waals surface area contributed by atoms with Crippen LogP contribution in [0, 0.1) is 12.8 Å². The van der Waals surface area contributed by atoms with Crippen molar-refractivity contribution in [3.8, 4) is 5.75 Å². The van der Waals surface area contributed by atoms with Gasteiger partial charge in [-0.15, -0.1) is 0 Å². The molecule has 1 heterocycles. The zero-order chi connectivity index (χ0) is 17.1. The maximum absolute atomic E-state index is 12.6. The Kier molecular flexibility index (Phi) is 4.93. The molecule has 0 fully saturated rings. The highest BCUT2D eigenvalue weighted by Crippen LogP contribution is 2.32. The number of benzene rings is 1. The van der Waals surface area contributed by atoms with Gasteiger partial charge in [-0.05, 0) is 13.0 Å². The Morgan fingerprint density at radius 1 is 1.30 bits per heavy atom. The molecule has 2 aromatic rings. The maximum atomic E-state index is 12.6. The molecule has 0 N–H and O–H groups in total. The number of methoxy groups -OCH3 is 2. The van der Waals surface area contributed by atoms with Gasteiger partial charge < -0.3 is 18.8 Å². The monoisotopic (exact) mass is 319 g/mol. The smallest absolute Gasteiger partial charge is 0.310 e. The number of carbonyl (C=O) groups is 2. The zero-order valence-electron chi connectivity index (χ0n) is 14.0. The van der Waals surface area contributed by atoms with Crippen molar-refractivity contribution < 1.29 is 23.5 Å². The summed E-state index contributed by atoms with van der Waals surface area (Å²) in [5, 5.41) is 0.835. The van der Waals surface area contributed by atoms with Gasteiger partial charge in [0.05, 0.1) is 20.1 Å². The summed E-state index contributed by atoms with van der Waals surface area (Å²) in [5.41, 5.74) is 1.30. The summed E-state index contributed by atoms with van der Waals surface area (Å²) in [6, 6.07) is 5.51. The number of esters is 1. The quantitative estimate of drug-likeness (QED) is 0.792. The molecule has 1 atom stereocenters. The Morgan fingerprint density at radius 3 is 2.61 bits per heavy atom. The van der Waals surface area contributed by atoms with Crippen LogP contribution in [0.1, 0.15) is 23.0 Å². The SMILES string of the molecule is COC(=O)C(C)CN(C)C(=O)c1oc2c(OC)cccc2c1C. The number of aryl methyl sites for hydroxylation is 1. The summed E-state index contributed by atoms with van der Waals surface area (Å²) >= 11 is 0. The van der Waals surface area contributed by atoms with E-state index < -0.39 is 5.92 Å². The van der Waals surface area contributed by atoms with Crippen molar-refractivity contribution >= 4 is 22.8 Å². The van der Waals surface area contributed by atoms with Gasteiger partial charge in [0.15, 0.2) is 17.1 Å². The Hall–Kier alpha value is -2.50. The van der Waals surface area contributed by atoms with Gasteiger partial charge in [-0.1, -0.05) is 19.1 Å². The van der Waals surface area contributed by atoms with E-state index in [2.05, 4.69) is 4.74 Å². The molecule has 1 amide bonds. The minimum atomic E-state index is -0.409. The van der Waals surface area contributed by atoms with Crippen LogP contribution in [0.2, 0.25) is 0 Å². The molecule has 6 nitrogen and oxygen atoms in total. The van der Waals surface area contributed by atoms with Crippen LogP contribution < -0.4 is 4.74 Å². The minimum absolute atomic E-state index is 0.249. The average molecular weight is 319 g/mol. The molecule has 1 aromatic heterocycles. The highest BCUT2D eigenvalue weighted by molar-refractivity contribution is 6.00. The molecule has 23 heavy (non-hydrogen) atoms. The van der Waals surface area contributed by atoms with E-state index >= 15 is 0 Å². The molecule has 1 unspecified atom stereocenters. The molecule has 0 bridgehead atoms. The number of carbonyl (C=O) groups excluding carboxylic acids is 2. The van der Waals surface area contributed by atoms with Crippen molar-refractivity contribution in [2.24, 2.45) is 5.92 Å². The molecule has 1 aromatic carbocycles. The molecule has 0 radical (unpaired) electrons. The lowest BCUT2D eigenvalue weighted by Gasteiger charge is -2.19. The highest BCUT2D eigenvalue weighted by Gasteiger charge is 2.25. The number of hydrogen-bond acceptors (Lipinski definition) is 5. The van der Waals surface area contributed by atoms with Crippen molar-refractivity contribution in [2.45, 2.75) is 13.8 Å². The van der Waals surface area contributed by atoms with Gasteiger partial charge in [0, 0.05) is 24.5 Å². The van der Waals surface area contributed by atoms with Crippen LogP contribution in [0.3, 0.4) is 0 Å². The van der Waals surface area contributed by atoms with Crippen molar-refractivity contribution in [1.82, 2.24) is 4.90 Å². The van der Waals surface area contributed by atoms with E-state index in [-0.39, 0.29) is 24.2 Å². The summed E-state index contributed by atoms with van der Waals surface area (Å²) in [7, 11) is 4.51. The predicted octanol–water partition coefficient (Wildman–Crippen LogP) is 2.63. The van der Waals surface area contributed by atoms with Crippen LogP contribution in [-0.2, 0) is 9.53 Å². The van der Waals surface area contributed by atoms with Crippen LogP contribution in [0.4, 0.5) is 0 Å². The molecular weight excluding hydrogens is 298 g/mol. The number of hydrogen-bond donors (Lipinski definition) is 0. The predicted molar refractivity (Wildman–Crippen MR) is 85.6 cm³/mol. The number of fused-ring (bicyclic) bond motifs is 1. The number of nitrogens with zero attached hydrogens (tertiary/aromatic N) is 1. The largest absolute Gasteiger partial charge is 0.493 e. The van der Waals surface area contributed by atoms with Gasteiger partial charge in [-0.25, -0.2) is 0 Å². The van der Waals surface area contributed by atoms with E-state index in [0.29, 0.717) is 11.3 Å². The first kappa shape index (κ1) is 16.9. The van der Waals surface area contributed by atoms with Crippen molar-refractivity contribution in [3.63, 3.8) is 0 Å². The first-order chi connectivity index (χ1) is 10.9. The third kappa shape index (κ3) is 3.16. The summed E-state index contributed by atoms with van der Waals surface area (Å²) in [6.45, 7) is 3.79. The highest BCUT2D eigenvalue weighted by atomic mass is 16.5. The molecule has 0 saturated carbocycles. The first-order valence-electron chi connectivity index (χ1n) is 7.30. The van der Waals surface area contributed by atoms with Gasteiger partial charge in [-0.2, -0.15) is 0 Å². The van der Waals surface area contributed by atoms with Crippen LogP contribution in [0.5, 0.6) is 5.75 Å². The van der Waals surface area contributed by atoms with E-state index in [1.54, 1.807) is 27.1 Å². The van der Waals surface area contributed by atoms with E-state index in [1.165, 1.54) is 12.0 Å². The molecule has 0 aliphatic carbocycles. The fourth-order valence-electron chi connectivity index (χ4n) is 2.52. The molecule has 2 rings (SSSR count). The number of para-hydroxylation sites is 1. The average Bonchev–Trinajstić information content (AvgIpc) is 2.90. The Balaban J connectivity index is 2.31. The normalized spacial score (nSPS) is 12.0. The Bertz CT molecular complexity index is 734. The van der Waals surface area contributed by atoms with E-state index in [0.717, 1.165) is 10.9 Å². The second-order valence-electron chi connectivity index (χ2n) is 5.50. The third-order valence-corrected chi connectivity index (χ3v) is 3.84. The van der Waals surface area contributed by atoms with E-state index in [9.17, 15) is 9.59 Å². The lowest BCUT2D eigenvalue weighted by molar-refractivity contribution is -0.145. The van der Waals surface area contributed by atoms with E-state index in [4.69, 9.17) is 9.15 Å². The second kappa shape index (κ2) is 6.73. The second-order valence-corrected chi connectivity index (χ2v) is 5.50. The van der Waals surface area contributed by atoms with Crippen molar-refractivity contribution in [1.29, 1.82) is 0 Å². The third-order valence-electron chi connectivity index (χ3n) is 3.84. The van der Waals surface area contributed by atoms with Gasteiger partial charge >= 0.3 is 5.97 Å². The fourth-order valence-corrected chi connectivity index (χ4v) is 2.52. The minimum Gasteiger partial charge on any atom is -0.493 e. The topological polar surface area (TPSA) is 69.0 Å². The number of furan rings is 1. The molecule has 0 spiro atoms. The fraction of sp³-hybridized carbons (Fsp3) is 0.412. The number of ether oxygens (including phenoxy) is 2. The molecule has 6 heteroatoms. The number of rotatable bonds is 5. The maximum Gasteiger partial charge on any atom is 0.310 e. The lowest BCUT2D eigenvalue weighted by Crippen LogP contribution is -2.34.